The zero-order valence-corrected chi connectivity index (χ0v) is 23.8. The van der Waals surface area contributed by atoms with E-state index in [4.69, 9.17) is 4.55 Å². The van der Waals surface area contributed by atoms with Crippen molar-refractivity contribution in [2.75, 3.05) is 19.3 Å². The predicted octanol–water partition coefficient (Wildman–Crippen LogP) is 4.13. The molecule has 0 unspecified atom stereocenters. The Morgan fingerprint density at radius 1 is 1.00 bits per heavy atom. The average Bonchev–Trinajstić information content (AvgIpc) is 3.15. The molecule has 0 spiro atoms. The molecule has 4 fully saturated rings. The minimum atomic E-state index is -4.08. The molecule has 208 valence electrons. The lowest BCUT2D eigenvalue weighted by molar-refractivity contribution is -0.225. The highest BCUT2D eigenvalue weighted by atomic mass is 32.2. The molecule has 4 saturated carbocycles. The number of carbonyl (C=O) groups excluding carboxylic acids is 1. The minimum absolute atomic E-state index is 0.00366. The number of aliphatic hydroxyl groups excluding tert-OH is 2. The zero-order valence-electron chi connectivity index (χ0n) is 22.9. The number of hydrogen-bond acceptors (Lipinski definition) is 5. The Balaban J connectivity index is 1.45. The number of amides is 1. The van der Waals surface area contributed by atoms with Crippen molar-refractivity contribution < 1.29 is 28.0 Å². The van der Waals surface area contributed by atoms with E-state index in [1.165, 1.54) is 4.90 Å². The van der Waals surface area contributed by atoms with Gasteiger partial charge in [0.1, 0.15) is 0 Å². The normalized spacial score (nSPS) is 45.3. The van der Waals surface area contributed by atoms with Gasteiger partial charge >= 0.3 is 0 Å². The van der Waals surface area contributed by atoms with Gasteiger partial charge in [0.15, 0.2) is 0 Å². The summed E-state index contributed by atoms with van der Waals surface area (Å²) in [5.41, 5.74) is 0.223. The van der Waals surface area contributed by atoms with Gasteiger partial charge < -0.3 is 15.1 Å². The zero-order chi connectivity index (χ0) is 26.7. The molecule has 4 rings (SSSR count). The fraction of sp³-hybridized carbons (Fsp3) is 0.964. The summed E-state index contributed by atoms with van der Waals surface area (Å²) in [6.45, 7) is 9.52. The monoisotopic (exact) mass is 527 g/mol. The summed E-state index contributed by atoms with van der Waals surface area (Å²) in [5.74, 6) is 1.70. The highest BCUT2D eigenvalue weighted by Gasteiger charge is 2.68. The minimum Gasteiger partial charge on any atom is -0.393 e. The molecule has 0 aromatic carbocycles. The first-order valence-electron chi connectivity index (χ1n) is 14.2. The van der Waals surface area contributed by atoms with Crippen LogP contribution in [0, 0.1) is 45.8 Å². The Kier molecular flexibility index (Phi) is 7.71. The molecular formula is C28H49NO6S. The maximum Gasteiger partial charge on any atom is 0.266 e. The molecular weight excluding hydrogens is 478 g/mol. The third-order valence-electron chi connectivity index (χ3n) is 12.0. The second-order valence-electron chi connectivity index (χ2n) is 13.7. The molecule has 4 aliphatic rings. The fourth-order valence-electron chi connectivity index (χ4n) is 9.96. The summed E-state index contributed by atoms with van der Waals surface area (Å²) in [7, 11) is -2.49. The Bertz CT molecular complexity index is 940. The van der Waals surface area contributed by atoms with Crippen LogP contribution in [0.4, 0.5) is 0 Å². The summed E-state index contributed by atoms with van der Waals surface area (Å²) in [6.07, 6.45) is 8.70. The third-order valence-corrected chi connectivity index (χ3v) is 12.7. The second kappa shape index (κ2) is 9.80. The molecule has 1 amide bonds. The Morgan fingerprint density at radius 3 is 2.31 bits per heavy atom. The van der Waals surface area contributed by atoms with Gasteiger partial charge in [-0.2, -0.15) is 8.42 Å². The highest BCUT2D eigenvalue weighted by molar-refractivity contribution is 7.85. The molecule has 3 N–H and O–H groups in total. The van der Waals surface area contributed by atoms with Gasteiger partial charge in [0.05, 0.1) is 18.0 Å². The van der Waals surface area contributed by atoms with Gasteiger partial charge in [-0.15, -0.1) is 0 Å². The molecule has 0 radical (unpaired) electrons. The van der Waals surface area contributed by atoms with Gasteiger partial charge in [0, 0.05) is 25.4 Å². The van der Waals surface area contributed by atoms with Crippen molar-refractivity contribution in [3.63, 3.8) is 0 Å². The van der Waals surface area contributed by atoms with Crippen molar-refractivity contribution in [1.82, 2.24) is 4.90 Å². The number of rotatable bonds is 7. The van der Waals surface area contributed by atoms with Crippen molar-refractivity contribution in [2.45, 2.75) is 104 Å². The first kappa shape index (κ1) is 28.3. The highest BCUT2D eigenvalue weighted by Crippen LogP contribution is 2.73. The topological polar surface area (TPSA) is 115 Å². The second-order valence-corrected chi connectivity index (χ2v) is 15.3. The molecule has 8 heteroatoms. The van der Waals surface area contributed by atoms with Gasteiger partial charge in [-0.05, 0) is 98.2 Å². The van der Waals surface area contributed by atoms with E-state index in [-0.39, 0.29) is 40.9 Å². The molecule has 0 saturated heterocycles. The lowest BCUT2D eigenvalue weighted by Crippen LogP contribution is -2.64. The van der Waals surface area contributed by atoms with Gasteiger partial charge in [-0.1, -0.05) is 27.7 Å². The van der Waals surface area contributed by atoms with Crippen LogP contribution in [0.15, 0.2) is 0 Å². The number of carbonyl (C=O) groups is 1. The standard InChI is InChI=1S/C28H49NO6S/c1-18(6-9-25(32)29(5)14-15-36(33,34)35)21-7-8-22-27(21,3)13-11-23-26(2)12-10-20(30)16-19(26)17-24(31)28(22,23)4/h18-24,30-31H,6-17H2,1-5H3,(H,33,34,35)/t18-,19+,20-,21-,22-,23-,24-,26+,27-,28+/m1/s1. The number of aliphatic hydroxyl groups is 2. The van der Waals surface area contributed by atoms with Crippen LogP contribution in [0.3, 0.4) is 0 Å². The van der Waals surface area contributed by atoms with Crippen LogP contribution in [0.2, 0.25) is 0 Å². The van der Waals surface area contributed by atoms with Crippen molar-refractivity contribution in [2.24, 2.45) is 45.8 Å². The van der Waals surface area contributed by atoms with E-state index < -0.39 is 15.9 Å². The molecule has 0 aromatic heterocycles. The molecule has 0 bridgehead atoms. The Morgan fingerprint density at radius 2 is 1.64 bits per heavy atom. The fourth-order valence-corrected chi connectivity index (χ4v) is 10.5. The summed E-state index contributed by atoms with van der Waals surface area (Å²) in [5, 5.41) is 22.0. The van der Waals surface area contributed by atoms with E-state index in [1.54, 1.807) is 7.05 Å². The molecule has 7 nitrogen and oxygen atoms in total. The van der Waals surface area contributed by atoms with E-state index >= 15 is 0 Å². The Labute approximate surface area is 218 Å². The molecule has 36 heavy (non-hydrogen) atoms. The van der Waals surface area contributed by atoms with Crippen molar-refractivity contribution >= 4 is 16.0 Å². The van der Waals surface area contributed by atoms with Crippen molar-refractivity contribution in [3.05, 3.63) is 0 Å². The van der Waals surface area contributed by atoms with E-state index in [0.717, 1.165) is 57.8 Å². The van der Waals surface area contributed by atoms with E-state index in [1.807, 2.05) is 0 Å². The maximum atomic E-state index is 12.6. The van der Waals surface area contributed by atoms with Crippen LogP contribution in [-0.2, 0) is 14.9 Å². The van der Waals surface area contributed by atoms with E-state index in [0.29, 0.717) is 36.0 Å². The SMILES string of the molecule is C[C@H](CCC(=O)N(C)CCS(=O)(=O)O)[C@H]1CC[C@@H]2[C@]1(C)CC[C@@H]1[C@@]3(C)CC[C@@H](O)C[C@H]3C[C@@H](O)[C@]12C. The molecule has 0 aromatic rings. The summed E-state index contributed by atoms with van der Waals surface area (Å²) >= 11 is 0. The smallest absolute Gasteiger partial charge is 0.266 e. The first-order valence-corrected chi connectivity index (χ1v) is 15.8. The molecule has 0 aliphatic heterocycles. The van der Waals surface area contributed by atoms with Gasteiger partial charge in [-0.25, -0.2) is 0 Å². The first-order chi connectivity index (χ1) is 16.6. The van der Waals surface area contributed by atoms with Crippen LogP contribution in [0.5, 0.6) is 0 Å². The average molecular weight is 528 g/mol. The van der Waals surface area contributed by atoms with Crippen LogP contribution in [0.25, 0.3) is 0 Å². The van der Waals surface area contributed by atoms with Crippen molar-refractivity contribution in [1.29, 1.82) is 0 Å². The quantitative estimate of drug-likeness (QED) is 0.429. The lowest BCUT2D eigenvalue weighted by Gasteiger charge is -2.67. The number of fused-ring (bicyclic) bond motifs is 5. The van der Waals surface area contributed by atoms with E-state index in [2.05, 4.69) is 27.7 Å². The van der Waals surface area contributed by atoms with Gasteiger partial charge in [0.25, 0.3) is 10.1 Å². The predicted molar refractivity (Wildman–Crippen MR) is 140 cm³/mol. The summed E-state index contributed by atoms with van der Waals surface area (Å²) < 4.78 is 31.0. The van der Waals surface area contributed by atoms with Crippen molar-refractivity contribution in [3.8, 4) is 0 Å². The molecule has 0 heterocycles. The van der Waals surface area contributed by atoms with E-state index in [9.17, 15) is 23.4 Å². The van der Waals surface area contributed by atoms with Crippen LogP contribution >= 0.6 is 0 Å². The summed E-state index contributed by atoms with van der Waals surface area (Å²) in [6, 6.07) is 0. The molecule has 4 aliphatic carbocycles. The largest absolute Gasteiger partial charge is 0.393 e. The third kappa shape index (κ3) is 4.77. The number of hydrogen-bond donors (Lipinski definition) is 3. The number of nitrogens with zero attached hydrogens (tertiary/aromatic N) is 1. The lowest BCUT2D eigenvalue weighted by atomic mass is 9.38. The Hall–Kier alpha value is -0.700. The summed E-state index contributed by atoms with van der Waals surface area (Å²) in [4.78, 5) is 14.0. The van der Waals surface area contributed by atoms with Crippen LogP contribution in [0.1, 0.15) is 91.9 Å². The van der Waals surface area contributed by atoms with Crippen LogP contribution in [-0.4, -0.2) is 65.5 Å². The van der Waals surface area contributed by atoms with Gasteiger partial charge in [0.2, 0.25) is 5.91 Å². The molecule has 10 atom stereocenters. The maximum absolute atomic E-state index is 12.6. The van der Waals surface area contributed by atoms with Gasteiger partial charge in [-0.3, -0.25) is 9.35 Å². The van der Waals surface area contributed by atoms with Crippen LogP contribution < -0.4 is 0 Å².